The van der Waals surface area contributed by atoms with Crippen LogP contribution in [0.25, 0.3) is 0 Å². The maximum absolute atomic E-state index is 13.2. The second-order valence-corrected chi connectivity index (χ2v) is 7.47. The summed E-state index contributed by atoms with van der Waals surface area (Å²) < 4.78 is 16.0. The van der Waals surface area contributed by atoms with Crippen LogP contribution in [0.4, 0.5) is 11.4 Å². The summed E-state index contributed by atoms with van der Waals surface area (Å²) in [4.78, 5) is 22.8. The van der Waals surface area contributed by atoms with E-state index in [2.05, 4.69) is 5.32 Å². The standard InChI is InChI=1S/C25H21N3O4/c1-15-23(16-7-10-18(30-2)11-8-16)24(27-20-6-4-3-5-19(20)26-15)28-25(29)17-9-12-21-22(13-17)32-14-31-21/h3-13,23H,14H2,1-2H3,(H,27,28,29)/t23-/m1/s1. The van der Waals surface area contributed by atoms with E-state index in [0.29, 0.717) is 28.6 Å². The number of nitrogens with one attached hydrogen (secondary N) is 1. The number of methoxy groups -OCH3 is 1. The van der Waals surface area contributed by atoms with Crippen LogP contribution in [0, 0.1) is 0 Å². The number of ether oxygens (including phenoxy) is 3. The average Bonchev–Trinajstić information content (AvgIpc) is 3.23. The molecule has 32 heavy (non-hydrogen) atoms. The number of amidine groups is 1. The Morgan fingerprint density at radius 1 is 0.969 bits per heavy atom. The van der Waals surface area contributed by atoms with Crippen molar-refractivity contribution < 1.29 is 19.0 Å². The Balaban J connectivity index is 1.54. The van der Waals surface area contributed by atoms with Gasteiger partial charge >= 0.3 is 0 Å². The first-order valence-corrected chi connectivity index (χ1v) is 10.2. The summed E-state index contributed by atoms with van der Waals surface area (Å²) in [7, 11) is 1.63. The molecule has 5 rings (SSSR count). The number of fused-ring (bicyclic) bond motifs is 2. The van der Waals surface area contributed by atoms with Crippen molar-refractivity contribution in [3.63, 3.8) is 0 Å². The van der Waals surface area contributed by atoms with Crippen LogP contribution < -0.4 is 19.5 Å². The SMILES string of the molecule is COc1ccc([C@H]2C(C)=Nc3ccccc3N=C2NC(=O)c2ccc3c(c2)OCO3)cc1. The van der Waals surface area contributed by atoms with Crippen molar-refractivity contribution in [2.24, 2.45) is 9.98 Å². The van der Waals surface area contributed by atoms with Gasteiger partial charge in [-0.05, 0) is 55.0 Å². The van der Waals surface area contributed by atoms with Gasteiger partial charge in [0.25, 0.3) is 5.91 Å². The first-order valence-electron chi connectivity index (χ1n) is 10.2. The lowest BCUT2D eigenvalue weighted by Crippen LogP contribution is -2.37. The summed E-state index contributed by atoms with van der Waals surface area (Å²) in [6.45, 7) is 2.10. The van der Waals surface area contributed by atoms with Gasteiger partial charge in [0.05, 0.1) is 24.4 Å². The Morgan fingerprint density at radius 3 is 2.44 bits per heavy atom. The molecule has 7 heteroatoms. The summed E-state index contributed by atoms with van der Waals surface area (Å²) in [5, 5.41) is 3.02. The van der Waals surface area contributed by atoms with Crippen molar-refractivity contribution in [3.05, 3.63) is 77.9 Å². The topological polar surface area (TPSA) is 81.5 Å². The van der Waals surface area contributed by atoms with Gasteiger partial charge in [-0.15, -0.1) is 0 Å². The highest BCUT2D eigenvalue weighted by Gasteiger charge is 2.27. The number of rotatable bonds is 3. The van der Waals surface area contributed by atoms with Gasteiger partial charge in [0.15, 0.2) is 11.5 Å². The van der Waals surface area contributed by atoms with Crippen LogP contribution in [-0.4, -0.2) is 31.4 Å². The third kappa shape index (κ3) is 3.69. The number of benzene rings is 3. The number of hydrogen-bond acceptors (Lipinski definition) is 6. The zero-order valence-electron chi connectivity index (χ0n) is 17.7. The van der Waals surface area contributed by atoms with Crippen molar-refractivity contribution in [1.82, 2.24) is 5.32 Å². The normalized spacial score (nSPS) is 16.4. The molecule has 0 aromatic heterocycles. The van der Waals surface area contributed by atoms with Crippen LogP contribution in [0.2, 0.25) is 0 Å². The second kappa shape index (κ2) is 8.19. The maximum Gasteiger partial charge on any atom is 0.256 e. The van der Waals surface area contributed by atoms with Gasteiger partial charge in [0, 0.05) is 11.3 Å². The molecule has 1 atom stereocenters. The molecule has 0 aliphatic carbocycles. The fourth-order valence-corrected chi connectivity index (χ4v) is 3.82. The molecule has 0 unspecified atom stereocenters. The fourth-order valence-electron chi connectivity index (χ4n) is 3.82. The molecule has 2 aliphatic rings. The largest absolute Gasteiger partial charge is 0.497 e. The van der Waals surface area contributed by atoms with E-state index in [1.54, 1.807) is 25.3 Å². The number of nitrogens with zero attached hydrogens (tertiary/aromatic N) is 2. The van der Waals surface area contributed by atoms with Crippen LogP contribution in [0.5, 0.6) is 17.2 Å². The zero-order valence-corrected chi connectivity index (χ0v) is 17.7. The highest BCUT2D eigenvalue weighted by molar-refractivity contribution is 6.19. The number of carbonyl (C=O) groups excluding carboxylic acids is 1. The maximum atomic E-state index is 13.2. The summed E-state index contributed by atoms with van der Waals surface area (Å²) in [6, 6.07) is 20.4. The molecule has 0 fully saturated rings. The Kier molecular flexibility index (Phi) is 5.07. The third-order valence-corrected chi connectivity index (χ3v) is 5.44. The van der Waals surface area contributed by atoms with Gasteiger partial charge in [0.1, 0.15) is 11.6 Å². The zero-order chi connectivity index (χ0) is 22.1. The van der Waals surface area contributed by atoms with Gasteiger partial charge in [-0.25, -0.2) is 4.99 Å². The first kappa shape index (κ1) is 19.8. The lowest BCUT2D eigenvalue weighted by atomic mass is 9.93. The molecule has 0 bridgehead atoms. The predicted molar refractivity (Wildman–Crippen MR) is 122 cm³/mol. The van der Waals surface area contributed by atoms with Crippen LogP contribution in [0.15, 0.2) is 76.7 Å². The molecule has 7 nitrogen and oxygen atoms in total. The Labute approximate surface area is 185 Å². The molecule has 1 amide bonds. The van der Waals surface area contributed by atoms with Crippen LogP contribution >= 0.6 is 0 Å². The van der Waals surface area contributed by atoms with E-state index in [1.807, 2.05) is 55.5 Å². The van der Waals surface area contributed by atoms with Crippen molar-refractivity contribution in [1.29, 1.82) is 0 Å². The minimum absolute atomic E-state index is 0.152. The van der Waals surface area contributed by atoms with Crippen LogP contribution in [0.1, 0.15) is 28.8 Å². The molecule has 0 spiro atoms. The third-order valence-electron chi connectivity index (χ3n) is 5.44. The smallest absolute Gasteiger partial charge is 0.256 e. The highest BCUT2D eigenvalue weighted by Crippen LogP contribution is 2.35. The minimum atomic E-state index is -0.328. The Morgan fingerprint density at radius 2 is 1.69 bits per heavy atom. The molecule has 2 heterocycles. The molecular weight excluding hydrogens is 406 g/mol. The van der Waals surface area contributed by atoms with Crippen molar-refractivity contribution in [2.45, 2.75) is 12.8 Å². The molecule has 3 aromatic carbocycles. The molecule has 1 N–H and O–H groups in total. The monoisotopic (exact) mass is 427 g/mol. The molecule has 160 valence electrons. The van der Waals surface area contributed by atoms with Crippen LogP contribution in [0.3, 0.4) is 0 Å². The molecule has 0 radical (unpaired) electrons. The van der Waals surface area contributed by atoms with Crippen molar-refractivity contribution in [2.75, 3.05) is 13.9 Å². The van der Waals surface area contributed by atoms with Gasteiger partial charge in [-0.1, -0.05) is 24.3 Å². The molecule has 0 saturated heterocycles. The summed E-state index contributed by atoms with van der Waals surface area (Å²) in [6.07, 6.45) is 0. The van der Waals surface area contributed by atoms with E-state index in [1.165, 1.54) is 0 Å². The van der Waals surface area contributed by atoms with Gasteiger partial charge in [-0.3, -0.25) is 9.79 Å². The number of carbonyl (C=O) groups is 1. The van der Waals surface area contributed by atoms with E-state index in [-0.39, 0.29) is 18.6 Å². The number of aliphatic imine (C=N–C) groups is 2. The molecular formula is C25H21N3O4. The lowest BCUT2D eigenvalue weighted by Gasteiger charge is -2.20. The molecule has 0 saturated carbocycles. The first-order chi connectivity index (χ1) is 15.6. The number of amides is 1. The van der Waals surface area contributed by atoms with Gasteiger partial charge in [0.2, 0.25) is 6.79 Å². The number of para-hydroxylation sites is 2. The van der Waals surface area contributed by atoms with E-state index >= 15 is 0 Å². The Bertz CT molecular complexity index is 1250. The lowest BCUT2D eigenvalue weighted by molar-refractivity contribution is 0.0976. The molecule has 2 aliphatic heterocycles. The van der Waals surface area contributed by atoms with Gasteiger partial charge in [-0.2, -0.15) is 0 Å². The van der Waals surface area contributed by atoms with E-state index in [9.17, 15) is 4.79 Å². The van der Waals surface area contributed by atoms with E-state index in [4.69, 9.17) is 24.2 Å². The minimum Gasteiger partial charge on any atom is -0.497 e. The van der Waals surface area contributed by atoms with E-state index in [0.717, 1.165) is 22.7 Å². The summed E-state index contributed by atoms with van der Waals surface area (Å²) >= 11 is 0. The Hall–Kier alpha value is -4.13. The van der Waals surface area contributed by atoms with Gasteiger partial charge < -0.3 is 19.5 Å². The average molecular weight is 427 g/mol. The second-order valence-electron chi connectivity index (χ2n) is 7.47. The number of hydrogen-bond donors (Lipinski definition) is 1. The predicted octanol–water partition coefficient (Wildman–Crippen LogP) is 4.77. The quantitative estimate of drug-likeness (QED) is 0.653. The van der Waals surface area contributed by atoms with Crippen LogP contribution in [-0.2, 0) is 0 Å². The summed E-state index contributed by atoms with van der Waals surface area (Å²) in [5.74, 6) is 1.82. The van der Waals surface area contributed by atoms with E-state index < -0.39 is 0 Å². The fraction of sp³-hybridized carbons (Fsp3) is 0.160. The van der Waals surface area contributed by atoms with Crippen molar-refractivity contribution >= 4 is 28.8 Å². The molecule has 3 aromatic rings. The highest BCUT2D eigenvalue weighted by atomic mass is 16.7. The van der Waals surface area contributed by atoms with Crippen molar-refractivity contribution in [3.8, 4) is 17.2 Å². The summed E-state index contributed by atoms with van der Waals surface area (Å²) in [5.41, 5.74) is 3.69.